The van der Waals surface area contributed by atoms with E-state index in [2.05, 4.69) is 11.4 Å². The van der Waals surface area contributed by atoms with Gasteiger partial charge >= 0.3 is 6.03 Å². The zero-order chi connectivity index (χ0) is 15.4. The highest BCUT2D eigenvalue weighted by Gasteiger charge is 2.37. The highest BCUT2D eigenvalue weighted by Crippen LogP contribution is 2.42. The number of rotatable bonds is 4. The van der Waals surface area contributed by atoms with Gasteiger partial charge in [-0.05, 0) is 31.7 Å². The van der Waals surface area contributed by atoms with Gasteiger partial charge in [0.15, 0.2) is 0 Å². The Labute approximate surface area is 135 Å². The first kappa shape index (κ1) is 13.5. The second kappa shape index (κ2) is 5.05. The van der Waals surface area contributed by atoms with Crippen LogP contribution >= 0.6 is 0 Å². The molecule has 2 fully saturated rings. The van der Waals surface area contributed by atoms with E-state index in [1.165, 1.54) is 16.7 Å². The summed E-state index contributed by atoms with van der Waals surface area (Å²) in [5, 5.41) is 3.15. The molecule has 23 heavy (non-hydrogen) atoms. The highest BCUT2D eigenvalue weighted by atomic mass is 16.5. The number of hydrogen-bond acceptors (Lipinski definition) is 3. The summed E-state index contributed by atoms with van der Waals surface area (Å²) in [6.45, 7) is 2.13. The smallest absolute Gasteiger partial charge is 0.318 e. The molecule has 0 unspecified atom stereocenters. The van der Waals surface area contributed by atoms with E-state index in [0.29, 0.717) is 18.6 Å². The summed E-state index contributed by atoms with van der Waals surface area (Å²) in [7, 11) is 0. The Morgan fingerprint density at radius 1 is 1.17 bits per heavy atom. The normalized spacial score (nSPS) is 21.2. The van der Waals surface area contributed by atoms with E-state index in [-0.39, 0.29) is 6.03 Å². The second-order valence-corrected chi connectivity index (χ2v) is 7.10. The molecule has 1 aromatic carbocycles. The third kappa shape index (κ3) is 2.42. The van der Waals surface area contributed by atoms with Gasteiger partial charge in [-0.2, -0.15) is 0 Å². The van der Waals surface area contributed by atoms with Gasteiger partial charge in [0, 0.05) is 41.6 Å². The van der Waals surface area contributed by atoms with Crippen molar-refractivity contribution in [2.75, 3.05) is 13.2 Å². The number of carbonyl (C=O) groups excluding carboxylic acids is 1. The fraction of sp³-hybridized carbons (Fsp3) is 0.611. The van der Waals surface area contributed by atoms with Crippen LogP contribution in [0.25, 0.3) is 0 Å². The molecular formula is C18H22N2O3. The molecule has 0 radical (unpaired) electrons. The summed E-state index contributed by atoms with van der Waals surface area (Å²) in [5.41, 5.74) is 3.67. The minimum absolute atomic E-state index is 0.0956. The molecule has 1 aromatic rings. The second-order valence-electron chi connectivity index (χ2n) is 7.10. The van der Waals surface area contributed by atoms with Crippen molar-refractivity contribution in [3.8, 4) is 11.5 Å². The number of benzene rings is 1. The van der Waals surface area contributed by atoms with Crippen molar-refractivity contribution in [1.29, 1.82) is 0 Å². The predicted octanol–water partition coefficient (Wildman–Crippen LogP) is 2.39. The number of hydrogen-bond donors (Lipinski definition) is 1. The first-order valence-electron chi connectivity index (χ1n) is 8.80. The van der Waals surface area contributed by atoms with Gasteiger partial charge in [-0.1, -0.05) is 0 Å². The fourth-order valence-electron chi connectivity index (χ4n) is 3.66. The van der Waals surface area contributed by atoms with Crippen LogP contribution in [-0.2, 0) is 19.4 Å². The lowest BCUT2D eigenvalue weighted by Gasteiger charge is -2.25. The summed E-state index contributed by atoms with van der Waals surface area (Å²) >= 11 is 0. The largest absolute Gasteiger partial charge is 0.493 e. The highest BCUT2D eigenvalue weighted by molar-refractivity contribution is 5.76. The van der Waals surface area contributed by atoms with Crippen LogP contribution in [0.2, 0.25) is 0 Å². The summed E-state index contributed by atoms with van der Waals surface area (Å²) in [5.74, 6) is 2.02. The molecular weight excluding hydrogens is 292 g/mol. The monoisotopic (exact) mass is 314 g/mol. The van der Waals surface area contributed by atoms with Crippen molar-refractivity contribution >= 4 is 6.03 Å². The van der Waals surface area contributed by atoms with Crippen molar-refractivity contribution in [2.24, 2.45) is 0 Å². The Balaban J connectivity index is 1.47. The van der Waals surface area contributed by atoms with E-state index < -0.39 is 0 Å². The molecule has 0 saturated heterocycles. The number of nitrogens with one attached hydrogen (secondary N) is 1. The maximum absolute atomic E-state index is 12.6. The van der Waals surface area contributed by atoms with Gasteiger partial charge in [-0.3, -0.25) is 0 Å². The van der Waals surface area contributed by atoms with Gasteiger partial charge in [0.05, 0.1) is 19.8 Å². The first-order valence-corrected chi connectivity index (χ1v) is 8.80. The summed E-state index contributed by atoms with van der Waals surface area (Å²) in [4.78, 5) is 14.6. The predicted molar refractivity (Wildman–Crippen MR) is 85.0 cm³/mol. The molecule has 2 heterocycles. The fourth-order valence-corrected chi connectivity index (χ4v) is 3.66. The van der Waals surface area contributed by atoms with Crippen LogP contribution in [0.15, 0.2) is 6.07 Å². The molecule has 0 bridgehead atoms. The van der Waals surface area contributed by atoms with Crippen LogP contribution in [-0.4, -0.2) is 36.2 Å². The standard InChI is InChI=1S/C18H22N2O3/c21-18(19-12-1-2-12)20(13-3-4-13)10-15-14-6-8-22-16(14)9-11-5-7-23-17(11)15/h9,12-13H,1-8,10H2,(H,19,21). The van der Waals surface area contributed by atoms with Gasteiger partial charge in [0.2, 0.25) is 0 Å². The quantitative estimate of drug-likeness (QED) is 0.928. The lowest BCUT2D eigenvalue weighted by atomic mass is 9.99. The van der Waals surface area contributed by atoms with Gasteiger partial charge in [-0.15, -0.1) is 0 Å². The number of ether oxygens (including phenoxy) is 2. The van der Waals surface area contributed by atoms with E-state index in [0.717, 1.165) is 63.2 Å². The Bertz CT molecular complexity index is 632. The average Bonchev–Trinajstić information content (AvgIpc) is 3.45. The molecule has 2 aliphatic carbocycles. The van der Waals surface area contributed by atoms with Gasteiger partial charge in [0.1, 0.15) is 11.5 Å². The van der Waals surface area contributed by atoms with Gasteiger partial charge < -0.3 is 19.7 Å². The molecule has 2 aliphatic heterocycles. The summed E-state index contributed by atoms with van der Waals surface area (Å²) < 4.78 is 11.7. The van der Waals surface area contributed by atoms with Crippen LogP contribution in [0.5, 0.6) is 11.5 Å². The Hall–Kier alpha value is -1.91. The number of fused-ring (bicyclic) bond motifs is 2. The summed E-state index contributed by atoms with van der Waals surface area (Å²) in [6, 6.07) is 3.03. The topological polar surface area (TPSA) is 50.8 Å². The molecule has 0 spiro atoms. The van der Waals surface area contributed by atoms with E-state index >= 15 is 0 Å². The van der Waals surface area contributed by atoms with Gasteiger partial charge in [-0.25, -0.2) is 4.79 Å². The maximum Gasteiger partial charge on any atom is 0.318 e. The third-order valence-electron chi connectivity index (χ3n) is 5.24. The van der Waals surface area contributed by atoms with Crippen molar-refractivity contribution in [2.45, 2.75) is 57.2 Å². The van der Waals surface area contributed by atoms with E-state index in [1.54, 1.807) is 0 Å². The van der Waals surface area contributed by atoms with Crippen LogP contribution < -0.4 is 14.8 Å². The van der Waals surface area contributed by atoms with E-state index in [1.807, 2.05) is 4.90 Å². The minimum Gasteiger partial charge on any atom is -0.493 e. The third-order valence-corrected chi connectivity index (χ3v) is 5.24. The Morgan fingerprint density at radius 2 is 2.00 bits per heavy atom. The Morgan fingerprint density at radius 3 is 2.78 bits per heavy atom. The lowest BCUT2D eigenvalue weighted by molar-refractivity contribution is 0.190. The molecule has 5 nitrogen and oxygen atoms in total. The number of nitrogens with zero attached hydrogens (tertiary/aromatic N) is 1. The molecule has 2 saturated carbocycles. The molecule has 5 heteroatoms. The van der Waals surface area contributed by atoms with Crippen molar-refractivity contribution in [3.05, 3.63) is 22.8 Å². The SMILES string of the molecule is O=C(NC1CC1)N(Cc1c2c(cc3c1OCC3)OCC2)C1CC1. The lowest BCUT2D eigenvalue weighted by Crippen LogP contribution is -2.42. The van der Waals surface area contributed by atoms with Crippen molar-refractivity contribution < 1.29 is 14.3 Å². The first-order chi connectivity index (χ1) is 11.3. The van der Waals surface area contributed by atoms with E-state index in [9.17, 15) is 4.79 Å². The molecule has 5 rings (SSSR count). The van der Waals surface area contributed by atoms with Crippen LogP contribution in [0, 0.1) is 0 Å². The molecule has 0 aromatic heterocycles. The van der Waals surface area contributed by atoms with Crippen molar-refractivity contribution in [3.63, 3.8) is 0 Å². The zero-order valence-corrected chi connectivity index (χ0v) is 13.3. The minimum atomic E-state index is 0.0956. The maximum atomic E-state index is 12.6. The zero-order valence-electron chi connectivity index (χ0n) is 13.3. The molecule has 4 aliphatic rings. The molecule has 0 atom stereocenters. The number of urea groups is 1. The molecule has 2 amide bonds. The van der Waals surface area contributed by atoms with Crippen LogP contribution in [0.4, 0.5) is 4.79 Å². The van der Waals surface area contributed by atoms with Crippen molar-refractivity contribution in [1.82, 2.24) is 10.2 Å². The number of amides is 2. The van der Waals surface area contributed by atoms with Crippen LogP contribution in [0.1, 0.15) is 42.4 Å². The van der Waals surface area contributed by atoms with Crippen LogP contribution in [0.3, 0.4) is 0 Å². The molecule has 122 valence electrons. The number of carbonyl (C=O) groups is 1. The van der Waals surface area contributed by atoms with E-state index in [4.69, 9.17) is 9.47 Å². The summed E-state index contributed by atoms with van der Waals surface area (Å²) in [6.07, 6.45) is 6.34. The van der Waals surface area contributed by atoms with Gasteiger partial charge in [0.25, 0.3) is 0 Å². The molecule has 1 N–H and O–H groups in total. The average molecular weight is 314 g/mol. The Kier molecular flexibility index (Phi) is 2.97.